The fraction of sp³-hybridized carbons (Fsp3) is 0.500. The molecule has 4 heterocycles. The van der Waals surface area contributed by atoms with E-state index in [0.717, 1.165) is 25.7 Å². The first-order chi connectivity index (χ1) is 18.7. The summed E-state index contributed by atoms with van der Waals surface area (Å²) >= 11 is 6.32. The molecule has 0 bridgehead atoms. The molecule has 1 N–H and O–H groups in total. The molecule has 1 aromatic carbocycles. The number of hydrogen-bond acceptors (Lipinski definition) is 7. The van der Waals surface area contributed by atoms with Crippen LogP contribution in [0.5, 0.6) is 0 Å². The van der Waals surface area contributed by atoms with Gasteiger partial charge in [0.15, 0.2) is 5.65 Å². The molecule has 2 fully saturated rings. The number of rotatable bonds is 5. The molecule has 9 nitrogen and oxygen atoms in total. The van der Waals surface area contributed by atoms with Gasteiger partial charge in [0.2, 0.25) is 17.6 Å². The molecule has 0 radical (unpaired) electrons. The zero-order valence-electron chi connectivity index (χ0n) is 21.2. The number of nitrogens with one attached hydrogen (secondary N) is 1. The van der Waals surface area contributed by atoms with Crippen molar-refractivity contribution in [2.75, 3.05) is 11.4 Å². The molecule has 2 aliphatic rings. The third-order valence-electron chi connectivity index (χ3n) is 7.80. The number of aromatic amines is 1. The van der Waals surface area contributed by atoms with E-state index in [9.17, 15) is 18.0 Å². The third kappa shape index (κ3) is 5.02. The summed E-state index contributed by atoms with van der Waals surface area (Å²) < 4.78 is 48.8. The lowest BCUT2D eigenvalue weighted by Gasteiger charge is -2.31. The maximum absolute atomic E-state index is 14.1. The summed E-state index contributed by atoms with van der Waals surface area (Å²) in [6, 6.07) is 5.41. The van der Waals surface area contributed by atoms with Crippen molar-refractivity contribution >= 4 is 28.7 Å². The molecule has 13 heteroatoms. The van der Waals surface area contributed by atoms with Crippen LogP contribution in [0.25, 0.3) is 34.1 Å². The van der Waals surface area contributed by atoms with Crippen LogP contribution in [-0.2, 0) is 6.54 Å². The van der Waals surface area contributed by atoms with E-state index in [1.165, 1.54) is 4.90 Å². The van der Waals surface area contributed by atoms with Gasteiger partial charge in [-0.25, -0.2) is 14.8 Å². The van der Waals surface area contributed by atoms with Gasteiger partial charge in [-0.05, 0) is 49.7 Å². The highest BCUT2D eigenvalue weighted by Crippen LogP contribution is 2.40. The Balaban J connectivity index is 1.59. The van der Waals surface area contributed by atoms with E-state index < -0.39 is 18.0 Å². The number of halogens is 4. The maximum atomic E-state index is 14.1. The molecule has 39 heavy (non-hydrogen) atoms. The van der Waals surface area contributed by atoms with E-state index in [4.69, 9.17) is 21.6 Å². The first-order valence-electron chi connectivity index (χ1n) is 13.1. The first kappa shape index (κ1) is 25.8. The summed E-state index contributed by atoms with van der Waals surface area (Å²) in [5.74, 6) is 0.401. The second-order valence-corrected chi connectivity index (χ2v) is 11.0. The largest absolute Gasteiger partial charge is 0.439 e. The molecule has 0 unspecified atom stereocenters. The average molecular weight is 562 g/mol. The van der Waals surface area contributed by atoms with Crippen LogP contribution in [0.3, 0.4) is 0 Å². The molecule has 3 aromatic heterocycles. The number of benzene rings is 1. The van der Waals surface area contributed by atoms with Crippen molar-refractivity contribution in [3.8, 4) is 22.9 Å². The van der Waals surface area contributed by atoms with Gasteiger partial charge < -0.3 is 9.47 Å². The van der Waals surface area contributed by atoms with E-state index >= 15 is 0 Å². The number of hydrogen-bond donors (Lipinski definition) is 1. The van der Waals surface area contributed by atoms with Crippen molar-refractivity contribution in [3.63, 3.8) is 0 Å². The van der Waals surface area contributed by atoms with E-state index in [-0.39, 0.29) is 42.1 Å². The van der Waals surface area contributed by atoms with Gasteiger partial charge in [0.1, 0.15) is 17.3 Å². The summed E-state index contributed by atoms with van der Waals surface area (Å²) in [6.07, 6.45) is 0.125. The van der Waals surface area contributed by atoms with Crippen LogP contribution in [0.15, 0.2) is 33.6 Å². The Morgan fingerprint density at radius 2 is 1.92 bits per heavy atom. The van der Waals surface area contributed by atoms with Crippen molar-refractivity contribution in [1.29, 1.82) is 0 Å². The normalized spacial score (nSPS) is 22.2. The van der Waals surface area contributed by atoms with Gasteiger partial charge in [-0.15, -0.1) is 0 Å². The van der Waals surface area contributed by atoms with Gasteiger partial charge in [0.25, 0.3) is 0 Å². The second kappa shape index (κ2) is 9.96. The molecule has 1 aliphatic heterocycles. The van der Waals surface area contributed by atoms with Crippen LogP contribution in [0.2, 0.25) is 5.02 Å². The Labute approximate surface area is 226 Å². The molecule has 1 saturated carbocycles. The van der Waals surface area contributed by atoms with E-state index in [1.807, 2.05) is 10.6 Å². The minimum Gasteiger partial charge on any atom is -0.330 e. The summed E-state index contributed by atoms with van der Waals surface area (Å²) in [4.78, 5) is 29.4. The highest BCUT2D eigenvalue weighted by molar-refractivity contribution is 6.30. The summed E-state index contributed by atoms with van der Waals surface area (Å²) in [6.45, 7) is 2.96. The van der Waals surface area contributed by atoms with Gasteiger partial charge in [0.05, 0.1) is 0 Å². The Morgan fingerprint density at radius 3 is 2.62 bits per heavy atom. The predicted octanol–water partition coefficient (Wildman–Crippen LogP) is 5.85. The van der Waals surface area contributed by atoms with Gasteiger partial charge >= 0.3 is 11.9 Å². The monoisotopic (exact) mass is 561 g/mol. The van der Waals surface area contributed by atoms with Crippen molar-refractivity contribution in [1.82, 2.24) is 29.7 Å². The maximum Gasteiger partial charge on any atom is 0.439 e. The number of anilines is 1. The summed E-state index contributed by atoms with van der Waals surface area (Å²) in [5, 5.41) is 4.18. The highest BCUT2D eigenvalue weighted by Gasteiger charge is 2.47. The number of nitrogens with zero attached hydrogens (tertiary/aromatic N) is 6. The molecular weight excluding hydrogens is 535 g/mol. The van der Waals surface area contributed by atoms with Crippen LogP contribution in [0, 0.1) is 11.8 Å². The van der Waals surface area contributed by atoms with Gasteiger partial charge in [-0.1, -0.05) is 48.7 Å². The fourth-order valence-corrected chi connectivity index (χ4v) is 5.99. The average Bonchev–Trinajstić information content (AvgIpc) is 3.63. The lowest BCUT2D eigenvalue weighted by atomic mass is 9.83. The third-order valence-corrected chi connectivity index (χ3v) is 8.03. The number of H-pyrrole nitrogens is 1. The van der Waals surface area contributed by atoms with E-state index in [1.54, 1.807) is 18.2 Å². The van der Waals surface area contributed by atoms with Crippen LogP contribution >= 0.6 is 11.6 Å². The standard InChI is InChI=1S/C26H27ClF3N7O2/c1-14-7-9-15(10-8-14)13-37-20-19(16-4-2-5-17(27)12-16)31-22(23-34-25(38)39-35-23)32-21(20)33-24(37)36-11-3-6-18(36)26(28,29)30/h2,4-5,12,14-15,18H,3,6-11,13H2,1H3,(H,34,35,38)/t14-,15-,18-/m0/s1. The van der Waals surface area contributed by atoms with E-state index in [2.05, 4.69) is 26.6 Å². The van der Waals surface area contributed by atoms with Gasteiger partial charge in [0, 0.05) is 23.7 Å². The minimum atomic E-state index is -4.40. The molecule has 1 atom stereocenters. The molecule has 6 rings (SSSR count). The Morgan fingerprint density at radius 1 is 1.13 bits per heavy atom. The fourth-order valence-electron chi connectivity index (χ4n) is 5.80. The lowest BCUT2D eigenvalue weighted by molar-refractivity contribution is -0.146. The molecule has 4 aromatic rings. The van der Waals surface area contributed by atoms with Crippen molar-refractivity contribution in [3.05, 3.63) is 39.8 Å². The van der Waals surface area contributed by atoms with Gasteiger partial charge in [-0.2, -0.15) is 18.2 Å². The summed E-state index contributed by atoms with van der Waals surface area (Å²) in [7, 11) is 0. The van der Waals surface area contributed by atoms with Crippen LogP contribution in [0.4, 0.5) is 19.1 Å². The molecule has 1 saturated heterocycles. The van der Waals surface area contributed by atoms with Crippen molar-refractivity contribution < 1.29 is 17.7 Å². The summed E-state index contributed by atoms with van der Waals surface area (Å²) in [5.41, 5.74) is 1.81. The van der Waals surface area contributed by atoms with Crippen molar-refractivity contribution in [2.24, 2.45) is 11.8 Å². The lowest BCUT2D eigenvalue weighted by Crippen LogP contribution is -2.42. The quantitative estimate of drug-likeness (QED) is 0.326. The Bertz CT molecular complexity index is 1560. The van der Waals surface area contributed by atoms with E-state index in [0.29, 0.717) is 40.7 Å². The molecule has 0 spiro atoms. The Kier molecular flexibility index (Phi) is 6.60. The first-order valence-corrected chi connectivity index (χ1v) is 13.5. The number of imidazole rings is 1. The van der Waals surface area contributed by atoms with Gasteiger partial charge in [-0.3, -0.25) is 9.51 Å². The smallest absolute Gasteiger partial charge is 0.330 e. The molecule has 1 aliphatic carbocycles. The Hall–Kier alpha value is -3.41. The molecule has 206 valence electrons. The van der Waals surface area contributed by atoms with Crippen LogP contribution in [-0.4, -0.2) is 48.4 Å². The number of fused-ring (bicyclic) bond motifs is 1. The van der Waals surface area contributed by atoms with Crippen molar-refractivity contribution in [2.45, 2.75) is 64.2 Å². The SMILES string of the molecule is C[C@H]1CC[C@H](Cn2c(N3CCC[C@H]3C(F)(F)F)nc3nc(-c4noc(=O)[nH]4)nc(-c4cccc(Cl)c4)c32)CC1. The zero-order chi connectivity index (χ0) is 27.3. The number of aromatic nitrogens is 6. The number of alkyl halides is 3. The zero-order valence-corrected chi connectivity index (χ0v) is 22.0. The molecule has 0 amide bonds. The predicted molar refractivity (Wildman–Crippen MR) is 139 cm³/mol. The highest BCUT2D eigenvalue weighted by atomic mass is 35.5. The topological polar surface area (TPSA) is 106 Å². The second-order valence-electron chi connectivity index (χ2n) is 10.6. The van der Waals surface area contributed by atoms with Crippen LogP contribution in [0.1, 0.15) is 45.4 Å². The minimum absolute atomic E-state index is 0.00288. The van der Waals surface area contributed by atoms with Crippen LogP contribution < -0.4 is 10.7 Å². The molecular formula is C26H27ClF3N7O2.